The van der Waals surface area contributed by atoms with Crippen molar-refractivity contribution in [2.45, 2.75) is 24.5 Å². The number of rotatable bonds is 4. The molecule has 0 heterocycles. The van der Waals surface area contributed by atoms with Gasteiger partial charge in [-0.25, -0.2) is 0 Å². The maximum absolute atomic E-state index is 3.78. The van der Waals surface area contributed by atoms with Crippen LogP contribution in [0.3, 0.4) is 0 Å². The largest absolute Gasteiger partial charge is 0.147 e. The van der Waals surface area contributed by atoms with Gasteiger partial charge in [0, 0.05) is 0 Å². The summed E-state index contributed by atoms with van der Waals surface area (Å²) in [5.41, 5.74) is 1.28. The molecule has 1 nitrogen and oxygen atoms in total. The standard InChI is InChI=1S/C6H6N.C5H5.C3H7.ClH.Ti/c7-6-4-2-1-3-5-6;1-2-4-5-3-1;1-3-2;;/h1-5,7H;1-3H,4H2;3H,1-2H3;1H;/q-1;;;;+1. The molecule has 0 spiro atoms. The molecule has 0 unspecified atom stereocenters. The maximum Gasteiger partial charge on any atom is -0.147 e. The van der Waals surface area contributed by atoms with Crippen molar-refractivity contribution in [3.05, 3.63) is 52.4 Å². The van der Waals surface area contributed by atoms with Crippen LogP contribution >= 0.6 is 12.4 Å². The summed E-state index contributed by atoms with van der Waals surface area (Å²) in [4.78, 5) is 0. The Bertz CT molecular complexity index is 398. The molecular formula is C14H19ClNTi. The Labute approximate surface area is 117 Å². The molecule has 17 heavy (non-hydrogen) atoms. The van der Waals surface area contributed by atoms with Gasteiger partial charge < -0.3 is 0 Å². The topological polar surface area (TPSA) is 12.0 Å². The first-order chi connectivity index (χ1) is 7.77. The summed E-state index contributed by atoms with van der Waals surface area (Å²) in [5, 5.41) is 0. The Kier molecular flexibility index (Phi) is 6.04. The van der Waals surface area contributed by atoms with E-state index in [1.165, 1.54) is 5.69 Å². The first-order valence-electron chi connectivity index (χ1n) is 5.82. The van der Waals surface area contributed by atoms with Crippen LogP contribution in [0.5, 0.6) is 0 Å². The van der Waals surface area contributed by atoms with Crippen LogP contribution in [-0.2, 0) is 18.1 Å². The molecule has 0 fully saturated rings. The van der Waals surface area contributed by atoms with E-state index in [0.29, 0.717) is 0 Å². The summed E-state index contributed by atoms with van der Waals surface area (Å²) in [5.74, 6) is 0. The van der Waals surface area contributed by atoms with Gasteiger partial charge in [0.15, 0.2) is 0 Å². The summed E-state index contributed by atoms with van der Waals surface area (Å²) in [6.07, 6.45) is 7.92. The molecule has 0 bridgehead atoms. The van der Waals surface area contributed by atoms with Crippen molar-refractivity contribution in [1.82, 2.24) is 0 Å². The Morgan fingerprint density at radius 3 is 2.41 bits per heavy atom. The van der Waals surface area contributed by atoms with Gasteiger partial charge in [-0.05, 0) is 0 Å². The number of allylic oxidation sites excluding steroid dienone is 4. The third kappa shape index (κ3) is 4.02. The Morgan fingerprint density at radius 1 is 1.18 bits per heavy atom. The van der Waals surface area contributed by atoms with Crippen LogP contribution in [-0.4, -0.2) is 0 Å². The molecule has 1 N–H and O–H groups in total. The number of para-hydroxylation sites is 1. The first-order valence-corrected chi connectivity index (χ1v) is 8.28. The second-order valence-electron chi connectivity index (χ2n) is 4.38. The summed E-state index contributed by atoms with van der Waals surface area (Å²) >= 11 is -1.33. The van der Waals surface area contributed by atoms with E-state index in [0.717, 1.165) is 10.6 Å². The number of halogens is 1. The molecule has 0 radical (unpaired) electrons. The van der Waals surface area contributed by atoms with Gasteiger partial charge in [0.25, 0.3) is 0 Å². The van der Waals surface area contributed by atoms with Gasteiger partial charge in [0.05, 0.1) is 0 Å². The monoisotopic (exact) mass is 284 g/mol. The summed E-state index contributed by atoms with van der Waals surface area (Å²) in [6.45, 7) is 4.68. The maximum atomic E-state index is 3.78. The van der Waals surface area contributed by atoms with E-state index in [4.69, 9.17) is 0 Å². The summed E-state index contributed by atoms with van der Waals surface area (Å²) in [6, 6.07) is 10.6. The molecule has 1 aliphatic carbocycles. The number of nitrogens with one attached hydrogen (secondary N) is 1. The quantitative estimate of drug-likeness (QED) is 0.789. The second kappa shape index (κ2) is 7.05. The predicted octanol–water partition coefficient (Wildman–Crippen LogP) is 4.73. The van der Waals surface area contributed by atoms with Gasteiger partial charge in [-0.2, -0.15) is 0 Å². The fourth-order valence-corrected chi connectivity index (χ4v) is 5.48. The van der Waals surface area contributed by atoms with Crippen LogP contribution in [0.25, 0.3) is 0 Å². The molecule has 0 atom stereocenters. The van der Waals surface area contributed by atoms with E-state index >= 15 is 0 Å². The van der Waals surface area contributed by atoms with Crippen molar-refractivity contribution < 1.29 is 18.1 Å². The third-order valence-electron chi connectivity index (χ3n) is 2.75. The molecule has 1 aromatic rings. The summed E-state index contributed by atoms with van der Waals surface area (Å²) < 4.78 is 6.20. The van der Waals surface area contributed by atoms with Crippen molar-refractivity contribution in [2.24, 2.45) is 0 Å². The molecule has 0 saturated heterocycles. The van der Waals surface area contributed by atoms with E-state index in [9.17, 15) is 0 Å². The molecule has 0 aliphatic heterocycles. The molecule has 2 rings (SSSR count). The van der Waals surface area contributed by atoms with Gasteiger partial charge in [-0.1, -0.05) is 0 Å². The van der Waals surface area contributed by atoms with Crippen molar-refractivity contribution in [3.63, 3.8) is 0 Å². The fraction of sp³-hybridized carbons (Fsp3) is 0.286. The van der Waals surface area contributed by atoms with Crippen LogP contribution in [0, 0.1) is 0 Å². The first kappa shape index (κ1) is 14.6. The number of anilines is 1. The van der Waals surface area contributed by atoms with E-state index in [1.54, 1.807) is 3.88 Å². The average molecular weight is 285 g/mol. The van der Waals surface area contributed by atoms with Crippen LogP contribution in [0.15, 0.2) is 52.4 Å². The van der Waals surface area contributed by atoms with Crippen LogP contribution in [0.4, 0.5) is 5.69 Å². The molecule has 3 heteroatoms. The van der Waals surface area contributed by atoms with Crippen LogP contribution in [0.2, 0.25) is 4.22 Å². The normalized spacial score (nSPS) is 13.2. The zero-order valence-electron chi connectivity index (χ0n) is 10.3. The van der Waals surface area contributed by atoms with E-state index < -0.39 is 18.1 Å². The molecule has 1 aliphatic rings. The molecular weight excluding hydrogens is 265 g/mol. The van der Waals surface area contributed by atoms with Crippen molar-refractivity contribution in [2.75, 3.05) is 3.80 Å². The van der Waals surface area contributed by atoms with Gasteiger partial charge in [0.1, 0.15) is 0 Å². The number of hydrogen-bond donors (Lipinski definition) is 1. The minimum absolute atomic E-state index is 0. The smallest absolute Gasteiger partial charge is 0.147 e. The van der Waals surface area contributed by atoms with Gasteiger partial charge in [-0.3, -0.25) is 0 Å². The predicted molar refractivity (Wildman–Crippen MR) is 74.3 cm³/mol. The van der Waals surface area contributed by atoms with Crippen LogP contribution in [0.1, 0.15) is 20.3 Å². The van der Waals surface area contributed by atoms with Crippen molar-refractivity contribution >= 4 is 18.1 Å². The van der Waals surface area contributed by atoms with E-state index in [-0.39, 0.29) is 12.4 Å². The number of benzene rings is 1. The molecule has 0 amide bonds. The molecule has 1 aromatic carbocycles. The Hall–Kier alpha value is -0.496. The minimum Gasteiger partial charge on any atom is -0.147 e. The van der Waals surface area contributed by atoms with Gasteiger partial charge in [-0.15, -0.1) is 12.4 Å². The molecule has 0 aromatic heterocycles. The van der Waals surface area contributed by atoms with Crippen molar-refractivity contribution in [1.29, 1.82) is 0 Å². The van der Waals surface area contributed by atoms with Crippen molar-refractivity contribution in [3.8, 4) is 0 Å². The zero-order valence-corrected chi connectivity index (χ0v) is 12.7. The minimum atomic E-state index is -1.33. The molecule has 91 valence electrons. The van der Waals surface area contributed by atoms with E-state index in [1.807, 2.05) is 0 Å². The zero-order chi connectivity index (χ0) is 11.4. The third-order valence-corrected chi connectivity index (χ3v) is 7.08. The Balaban J connectivity index is 0.00000144. The fourth-order valence-electron chi connectivity index (χ4n) is 1.92. The molecule has 0 saturated carbocycles. The van der Waals surface area contributed by atoms with Gasteiger partial charge in [0.2, 0.25) is 0 Å². The van der Waals surface area contributed by atoms with E-state index in [2.05, 4.69) is 66.2 Å². The SMILES string of the molecule is C[CH](C)[Ti]([NH]c1ccccc1)[C]1=CC=CC1.Cl. The second-order valence-corrected chi connectivity index (χ2v) is 8.87. The van der Waals surface area contributed by atoms with Gasteiger partial charge >= 0.3 is 105 Å². The number of hydrogen-bond acceptors (Lipinski definition) is 1. The van der Waals surface area contributed by atoms with Crippen LogP contribution < -0.4 is 3.80 Å². The summed E-state index contributed by atoms with van der Waals surface area (Å²) in [7, 11) is 0. The average Bonchev–Trinajstić information content (AvgIpc) is 2.80. The Morgan fingerprint density at radius 2 is 1.88 bits per heavy atom.